The number of hydrogen-bond acceptors (Lipinski definition) is 5. The second-order valence-electron chi connectivity index (χ2n) is 5.41. The molecule has 7 nitrogen and oxygen atoms in total. The third-order valence-electron chi connectivity index (χ3n) is 3.54. The number of benzene rings is 1. The van der Waals surface area contributed by atoms with Gasteiger partial charge >= 0.3 is 0 Å². The third-order valence-corrected chi connectivity index (χ3v) is 3.54. The van der Waals surface area contributed by atoms with Crippen LogP contribution in [0, 0.1) is 0 Å². The molecule has 0 saturated carbocycles. The van der Waals surface area contributed by atoms with Crippen LogP contribution >= 0.6 is 0 Å². The number of hydrogen-bond donors (Lipinski definition) is 2. The van der Waals surface area contributed by atoms with Crippen molar-refractivity contribution in [2.75, 3.05) is 20.8 Å². The number of nitrogens with zero attached hydrogens (tertiary/aromatic N) is 2. The standard InChI is InChI=1S/C18H22F2N4O3/c1-25-14-6-5-12(8-15(14)26-2)9-23-18(21)24-10-13-4-3-7-22-17(13)27-11-16(19)20/h3-8,16H,9-11H2,1-2H3,(H3,21,23,24). The van der Waals surface area contributed by atoms with Crippen LogP contribution in [0.1, 0.15) is 11.1 Å². The lowest BCUT2D eigenvalue weighted by atomic mass is 10.2. The van der Waals surface area contributed by atoms with Crippen molar-refractivity contribution >= 4 is 5.96 Å². The van der Waals surface area contributed by atoms with Gasteiger partial charge in [-0.25, -0.2) is 18.8 Å². The molecule has 27 heavy (non-hydrogen) atoms. The van der Waals surface area contributed by atoms with Crippen molar-refractivity contribution in [3.05, 3.63) is 47.7 Å². The Morgan fingerprint density at radius 3 is 2.70 bits per heavy atom. The number of halogens is 2. The van der Waals surface area contributed by atoms with Crippen LogP contribution in [-0.4, -0.2) is 38.2 Å². The molecule has 1 aromatic carbocycles. The van der Waals surface area contributed by atoms with Gasteiger partial charge in [0.25, 0.3) is 6.43 Å². The minimum atomic E-state index is -2.57. The zero-order valence-electron chi connectivity index (χ0n) is 15.1. The SMILES string of the molecule is COc1ccc(CN=C(N)NCc2cccnc2OCC(F)F)cc1OC. The third kappa shape index (κ3) is 6.28. The van der Waals surface area contributed by atoms with E-state index >= 15 is 0 Å². The Bertz CT molecular complexity index is 772. The topological polar surface area (TPSA) is 91.0 Å². The first-order valence-electron chi connectivity index (χ1n) is 8.13. The molecule has 0 aliphatic rings. The average molecular weight is 380 g/mol. The Balaban J connectivity index is 1.95. The van der Waals surface area contributed by atoms with Gasteiger partial charge in [0, 0.05) is 18.3 Å². The minimum absolute atomic E-state index is 0.137. The second kappa shape index (κ2) is 10.1. The van der Waals surface area contributed by atoms with Gasteiger partial charge in [-0.15, -0.1) is 0 Å². The van der Waals surface area contributed by atoms with Gasteiger partial charge in [0.2, 0.25) is 5.88 Å². The van der Waals surface area contributed by atoms with Gasteiger partial charge in [-0.3, -0.25) is 0 Å². The monoisotopic (exact) mass is 380 g/mol. The molecule has 0 aliphatic heterocycles. The molecule has 0 fully saturated rings. The van der Waals surface area contributed by atoms with Crippen molar-refractivity contribution in [3.8, 4) is 17.4 Å². The van der Waals surface area contributed by atoms with Crippen molar-refractivity contribution < 1.29 is 23.0 Å². The maximum absolute atomic E-state index is 12.3. The number of guanidine groups is 1. The fraction of sp³-hybridized carbons (Fsp3) is 0.333. The number of rotatable bonds is 9. The molecule has 2 aromatic rings. The van der Waals surface area contributed by atoms with Gasteiger partial charge in [0.1, 0.15) is 0 Å². The lowest BCUT2D eigenvalue weighted by Gasteiger charge is -2.11. The van der Waals surface area contributed by atoms with Gasteiger partial charge in [0.15, 0.2) is 24.1 Å². The van der Waals surface area contributed by atoms with Crippen molar-refractivity contribution in [2.45, 2.75) is 19.5 Å². The number of nitrogens with one attached hydrogen (secondary N) is 1. The largest absolute Gasteiger partial charge is 0.493 e. The molecule has 9 heteroatoms. The van der Waals surface area contributed by atoms with Crippen LogP contribution in [0.4, 0.5) is 8.78 Å². The average Bonchev–Trinajstić information content (AvgIpc) is 2.69. The number of pyridine rings is 1. The van der Waals surface area contributed by atoms with E-state index < -0.39 is 13.0 Å². The van der Waals surface area contributed by atoms with E-state index in [0.29, 0.717) is 23.6 Å². The molecule has 3 N–H and O–H groups in total. The van der Waals surface area contributed by atoms with Crippen LogP contribution < -0.4 is 25.3 Å². The number of aromatic nitrogens is 1. The lowest BCUT2D eigenvalue weighted by Crippen LogP contribution is -2.31. The fourth-order valence-corrected chi connectivity index (χ4v) is 2.23. The van der Waals surface area contributed by atoms with E-state index in [1.54, 1.807) is 32.4 Å². The normalized spacial score (nSPS) is 11.4. The zero-order valence-corrected chi connectivity index (χ0v) is 15.1. The van der Waals surface area contributed by atoms with Crippen molar-refractivity contribution in [2.24, 2.45) is 10.7 Å². The first-order chi connectivity index (χ1) is 13.0. The van der Waals surface area contributed by atoms with Crippen molar-refractivity contribution in [1.29, 1.82) is 0 Å². The van der Waals surface area contributed by atoms with Gasteiger partial charge in [-0.05, 0) is 23.8 Å². The van der Waals surface area contributed by atoms with Crippen LogP contribution in [0.25, 0.3) is 0 Å². The Kier molecular flexibility index (Phi) is 7.60. The summed E-state index contributed by atoms with van der Waals surface area (Å²) >= 11 is 0. The summed E-state index contributed by atoms with van der Waals surface area (Å²) in [6.45, 7) is -0.137. The van der Waals surface area contributed by atoms with E-state index in [1.807, 2.05) is 12.1 Å². The maximum Gasteiger partial charge on any atom is 0.272 e. The fourth-order valence-electron chi connectivity index (χ4n) is 2.23. The molecule has 2 rings (SSSR count). The Labute approximate surface area is 156 Å². The lowest BCUT2D eigenvalue weighted by molar-refractivity contribution is 0.0790. The molecule has 0 unspecified atom stereocenters. The summed E-state index contributed by atoms with van der Waals surface area (Å²) in [6, 6.07) is 8.85. The number of alkyl halides is 2. The van der Waals surface area contributed by atoms with E-state index in [-0.39, 0.29) is 18.4 Å². The van der Waals surface area contributed by atoms with E-state index in [2.05, 4.69) is 15.3 Å². The highest BCUT2D eigenvalue weighted by Crippen LogP contribution is 2.27. The summed E-state index contributed by atoms with van der Waals surface area (Å²) in [5, 5.41) is 2.91. The molecule has 0 aliphatic carbocycles. The van der Waals surface area contributed by atoms with E-state index in [4.69, 9.17) is 19.9 Å². The minimum Gasteiger partial charge on any atom is -0.493 e. The van der Waals surface area contributed by atoms with Crippen LogP contribution in [0.5, 0.6) is 17.4 Å². The highest BCUT2D eigenvalue weighted by Gasteiger charge is 2.09. The predicted octanol–water partition coefficient (Wildman–Crippen LogP) is 2.35. The number of aliphatic imine (C=N–C) groups is 1. The van der Waals surface area contributed by atoms with E-state index in [0.717, 1.165) is 5.56 Å². The molecule has 1 heterocycles. The van der Waals surface area contributed by atoms with Crippen LogP contribution in [0.15, 0.2) is 41.5 Å². The van der Waals surface area contributed by atoms with Crippen molar-refractivity contribution in [1.82, 2.24) is 10.3 Å². The first-order valence-corrected chi connectivity index (χ1v) is 8.13. The molecule has 1 aromatic heterocycles. The molecular formula is C18H22F2N4O3. The second-order valence-corrected chi connectivity index (χ2v) is 5.41. The van der Waals surface area contributed by atoms with Gasteiger partial charge < -0.3 is 25.3 Å². The summed E-state index contributed by atoms with van der Waals surface area (Å²) in [4.78, 5) is 8.21. The highest BCUT2D eigenvalue weighted by atomic mass is 19.3. The van der Waals surface area contributed by atoms with Gasteiger partial charge in [0.05, 0.1) is 20.8 Å². The van der Waals surface area contributed by atoms with Crippen LogP contribution in [0.2, 0.25) is 0 Å². The van der Waals surface area contributed by atoms with Gasteiger partial charge in [-0.1, -0.05) is 12.1 Å². The molecule has 0 atom stereocenters. The Hall–Kier alpha value is -3.10. The van der Waals surface area contributed by atoms with E-state index in [9.17, 15) is 8.78 Å². The van der Waals surface area contributed by atoms with Crippen molar-refractivity contribution in [3.63, 3.8) is 0 Å². The molecular weight excluding hydrogens is 358 g/mol. The quantitative estimate of drug-likeness (QED) is 0.513. The molecule has 0 spiro atoms. The smallest absolute Gasteiger partial charge is 0.272 e. The van der Waals surface area contributed by atoms with Crippen LogP contribution in [0.3, 0.4) is 0 Å². The summed E-state index contributed by atoms with van der Waals surface area (Å²) in [5.74, 6) is 1.57. The maximum atomic E-state index is 12.3. The summed E-state index contributed by atoms with van der Waals surface area (Å²) < 4.78 is 40.0. The summed E-state index contributed by atoms with van der Waals surface area (Å²) in [7, 11) is 3.12. The van der Waals surface area contributed by atoms with E-state index in [1.165, 1.54) is 6.20 Å². The number of methoxy groups -OCH3 is 2. The summed E-state index contributed by atoms with van der Waals surface area (Å²) in [6.07, 6.45) is -1.10. The number of nitrogens with two attached hydrogens (primary N) is 1. The molecule has 0 radical (unpaired) electrons. The predicted molar refractivity (Wildman–Crippen MR) is 97.4 cm³/mol. The molecule has 0 bridgehead atoms. The Morgan fingerprint density at radius 1 is 1.22 bits per heavy atom. The number of ether oxygens (including phenoxy) is 3. The Morgan fingerprint density at radius 2 is 2.00 bits per heavy atom. The van der Waals surface area contributed by atoms with Crippen LogP contribution in [-0.2, 0) is 13.1 Å². The molecule has 0 amide bonds. The zero-order chi connectivity index (χ0) is 19.6. The van der Waals surface area contributed by atoms with Gasteiger partial charge in [-0.2, -0.15) is 0 Å². The highest BCUT2D eigenvalue weighted by molar-refractivity contribution is 5.77. The summed E-state index contributed by atoms with van der Waals surface area (Å²) in [5.41, 5.74) is 7.36. The molecule has 0 saturated heterocycles. The first kappa shape index (κ1) is 20.2. The molecule has 146 valence electrons.